The van der Waals surface area contributed by atoms with Crippen LogP contribution in [0.5, 0.6) is 0 Å². The van der Waals surface area contributed by atoms with E-state index in [0.717, 1.165) is 47.6 Å². The van der Waals surface area contributed by atoms with E-state index in [2.05, 4.69) is 38.5 Å². The maximum absolute atomic E-state index is 13.1. The minimum absolute atomic E-state index is 0.0359. The van der Waals surface area contributed by atoms with Crippen LogP contribution >= 0.6 is 0 Å². The molecule has 1 aliphatic rings. The van der Waals surface area contributed by atoms with E-state index >= 15 is 0 Å². The van der Waals surface area contributed by atoms with Gasteiger partial charge in [-0.3, -0.25) is 4.90 Å². The van der Waals surface area contributed by atoms with Crippen LogP contribution in [-0.4, -0.2) is 51.6 Å². The van der Waals surface area contributed by atoms with Gasteiger partial charge in [0.15, 0.2) is 0 Å². The number of rotatable bonds is 7. The van der Waals surface area contributed by atoms with E-state index in [1.54, 1.807) is 0 Å². The smallest absolute Gasteiger partial charge is 0.318 e. The normalized spacial score (nSPS) is 14.3. The Morgan fingerprint density at radius 1 is 1.11 bits per heavy atom. The van der Waals surface area contributed by atoms with E-state index in [1.165, 1.54) is 0 Å². The number of carbonyl (C=O) groups excluding carboxylic acids is 1. The lowest BCUT2D eigenvalue weighted by Gasteiger charge is -2.37. The summed E-state index contributed by atoms with van der Waals surface area (Å²) in [4.78, 5) is 21.7. The number of nitriles is 1. The number of nitrogens with one attached hydrogen (secondary N) is 1. The Kier molecular flexibility index (Phi) is 7.56. The molecule has 7 heteroatoms. The molecule has 7 nitrogen and oxygen atoms in total. The summed E-state index contributed by atoms with van der Waals surface area (Å²) in [6, 6.07) is 18.0. The minimum Gasteiger partial charge on any atom is -0.329 e. The van der Waals surface area contributed by atoms with Gasteiger partial charge in [0.25, 0.3) is 0 Å². The third-order valence-electron chi connectivity index (χ3n) is 6.78. The van der Waals surface area contributed by atoms with Crippen molar-refractivity contribution in [3.8, 4) is 6.07 Å². The lowest BCUT2D eigenvalue weighted by atomic mass is 9.92. The largest absolute Gasteiger partial charge is 0.329 e. The van der Waals surface area contributed by atoms with Crippen molar-refractivity contribution < 1.29 is 4.79 Å². The van der Waals surface area contributed by atoms with Crippen LogP contribution < -0.4 is 5.32 Å². The summed E-state index contributed by atoms with van der Waals surface area (Å²) in [7, 11) is 0. The van der Waals surface area contributed by atoms with E-state index in [1.807, 2.05) is 80.7 Å². The lowest BCUT2D eigenvalue weighted by Crippen LogP contribution is -2.54. The molecular weight excluding hydrogens is 448 g/mol. The second-order valence-electron chi connectivity index (χ2n) is 10.0. The average Bonchev–Trinajstić information content (AvgIpc) is 3.31. The van der Waals surface area contributed by atoms with Crippen LogP contribution in [0.2, 0.25) is 0 Å². The zero-order valence-corrected chi connectivity index (χ0v) is 21.4. The number of allylic oxidation sites excluding steroid dienone is 1. The molecule has 2 aromatic carbocycles. The highest BCUT2D eigenvalue weighted by Crippen LogP contribution is 2.24. The van der Waals surface area contributed by atoms with Gasteiger partial charge in [0.1, 0.15) is 0 Å². The molecule has 1 aromatic heterocycles. The molecule has 4 rings (SSSR count). The van der Waals surface area contributed by atoms with Crippen molar-refractivity contribution in [2.45, 2.75) is 39.4 Å². The molecule has 1 N–H and O–H groups in total. The standard InChI is InChI=1S/C29H34N6O/c1-22(2)25-6-5-7-26(16-25)29(3,4)32-28(36)34-14-12-33(13-15-34)20-27-18-31-21-35(27)19-24-10-8-23(17-30)9-11-24/h5-11,16,18,21H,1,12-15,19-20H2,2-4H3,(H,32,36). The van der Waals surface area contributed by atoms with Crippen molar-refractivity contribution in [3.63, 3.8) is 0 Å². The summed E-state index contributed by atoms with van der Waals surface area (Å²) < 4.78 is 2.14. The maximum Gasteiger partial charge on any atom is 0.318 e. The second kappa shape index (κ2) is 10.8. The van der Waals surface area contributed by atoms with Gasteiger partial charge in [0, 0.05) is 45.5 Å². The Balaban J connectivity index is 1.31. The van der Waals surface area contributed by atoms with Gasteiger partial charge in [-0.25, -0.2) is 9.78 Å². The Bertz CT molecular complexity index is 1260. The fourth-order valence-corrected chi connectivity index (χ4v) is 4.43. The fourth-order valence-electron chi connectivity index (χ4n) is 4.43. The molecule has 0 bridgehead atoms. The van der Waals surface area contributed by atoms with Crippen LogP contribution in [0.25, 0.3) is 5.57 Å². The third kappa shape index (κ3) is 6.02. The number of aromatic nitrogens is 2. The molecule has 1 fully saturated rings. The van der Waals surface area contributed by atoms with Crippen LogP contribution in [0.1, 0.15) is 48.7 Å². The molecular formula is C29H34N6O. The molecule has 0 saturated carbocycles. The van der Waals surface area contributed by atoms with E-state index in [9.17, 15) is 4.79 Å². The number of urea groups is 1. The van der Waals surface area contributed by atoms with Gasteiger partial charge in [-0.2, -0.15) is 5.26 Å². The summed E-state index contributed by atoms with van der Waals surface area (Å²) in [6.45, 7) is 14.6. The summed E-state index contributed by atoms with van der Waals surface area (Å²) in [5.41, 5.74) is 5.59. The number of amides is 2. The van der Waals surface area contributed by atoms with Gasteiger partial charge in [-0.05, 0) is 55.7 Å². The van der Waals surface area contributed by atoms with Crippen LogP contribution in [0.15, 0.2) is 67.6 Å². The molecule has 0 atom stereocenters. The number of carbonyl (C=O) groups is 1. The summed E-state index contributed by atoms with van der Waals surface area (Å²) in [6.07, 6.45) is 3.76. The topological polar surface area (TPSA) is 77.2 Å². The van der Waals surface area contributed by atoms with Gasteiger partial charge < -0.3 is 14.8 Å². The highest BCUT2D eigenvalue weighted by Gasteiger charge is 2.28. The van der Waals surface area contributed by atoms with Gasteiger partial charge in [0.2, 0.25) is 0 Å². The van der Waals surface area contributed by atoms with Crippen molar-refractivity contribution in [1.82, 2.24) is 24.7 Å². The number of hydrogen-bond donors (Lipinski definition) is 1. The average molecular weight is 483 g/mol. The molecule has 2 heterocycles. The highest BCUT2D eigenvalue weighted by atomic mass is 16.2. The fraction of sp³-hybridized carbons (Fsp3) is 0.345. The van der Waals surface area contributed by atoms with Crippen LogP contribution in [0.3, 0.4) is 0 Å². The molecule has 1 aliphatic heterocycles. The summed E-state index contributed by atoms with van der Waals surface area (Å²) in [5.74, 6) is 0. The number of piperazine rings is 1. The Labute approximate surface area is 213 Å². The van der Waals surface area contributed by atoms with Gasteiger partial charge in [-0.1, -0.05) is 42.5 Å². The number of imidazole rings is 1. The molecule has 1 saturated heterocycles. The van der Waals surface area contributed by atoms with Gasteiger partial charge >= 0.3 is 6.03 Å². The van der Waals surface area contributed by atoms with E-state index < -0.39 is 5.54 Å². The third-order valence-corrected chi connectivity index (χ3v) is 6.78. The Morgan fingerprint density at radius 3 is 2.50 bits per heavy atom. The molecule has 0 spiro atoms. The van der Waals surface area contributed by atoms with Crippen LogP contribution in [0, 0.1) is 11.3 Å². The predicted molar refractivity (Wildman–Crippen MR) is 142 cm³/mol. The molecule has 0 unspecified atom stereocenters. The predicted octanol–water partition coefficient (Wildman–Crippen LogP) is 4.60. The van der Waals surface area contributed by atoms with E-state index in [0.29, 0.717) is 25.2 Å². The first kappa shape index (κ1) is 25.2. The quantitative estimate of drug-likeness (QED) is 0.534. The van der Waals surface area contributed by atoms with Crippen molar-refractivity contribution in [1.29, 1.82) is 5.26 Å². The van der Waals surface area contributed by atoms with Crippen LogP contribution in [0.4, 0.5) is 4.79 Å². The monoisotopic (exact) mass is 482 g/mol. The summed E-state index contributed by atoms with van der Waals surface area (Å²) in [5, 5.41) is 12.2. The van der Waals surface area contributed by atoms with Crippen LogP contribution in [-0.2, 0) is 18.6 Å². The van der Waals surface area contributed by atoms with Crippen molar-refractivity contribution in [2.75, 3.05) is 26.2 Å². The maximum atomic E-state index is 13.1. The van der Waals surface area contributed by atoms with Crippen molar-refractivity contribution >= 4 is 11.6 Å². The van der Waals surface area contributed by atoms with Gasteiger partial charge in [-0.15, -0.1) is 0 Å². The zero-order chi connectivity index (χ0) is 25.7. The molecule has 186 valence electrons. The molecule has 3 aromatic rings. The first-order chi connectivity index (χ1) is 17.2. The number of benzene rings is 2. The van der Waals surface area contributed by atoms with Crippen molar-refractivity contribution in [3.05, 3.63) is 95.6 Å². The molecule has 2 amide bonds. The molecule has 0 radical (unpaired) electrons. The van der Waals surface area contributed by atoms with Crippen molar-refractivity contribution in [2.24, 2.45) is 0 Å². The second-order valence-corrected chi connectivity index (χ2v) is 10.0. The van der Waals surface area contributed by atoms with E-state index in [4.69, 9.17) is 5.26 Å². The first-order valence-electron chi connectivity index (χ1n) is 12.3. The minimum atomic E-state index is -0.488. The SMILES string of the molecule is C=C(C)c1cccc(C(C)(C)NC(=O)N2CCN(Cc3cncn3Cc3ccc(C#N)cc3)CC2)c1. The molecule has 0 aliphatic carbocycles. The first-order valence-corrected chi connectivity index (χ1v) is 12.3. The highest BCUT2D eigenvalue weighted by molar-refractivity contribution is 5.75. The summed E-state index contributed by atoms with van der Waals surface area (Å²) >= 11 is 0. The number of hydrogen-bond acceptors (Lipinski definition) is 4. The molecule has 36 heavy (non-hydrogen) atoms. The number of nitrogens with zero attached hydrogens (tertiary/aromatic N) is 5. The lowest BCUT2D eigenvalue weighted by molar-refractivity contribution is 0.128. The zero-order valence-electron chi connectivity index (χ0n) is 21.4. The van der Waals surface area contributed by atoms with E-state index in [-0.39, 0.29) is 6.03 Å². The Morgan fingerprint density at radius 2 is 1.83 bits per heavy atom. The Hall–Kier alpha value is -3.89. The van der Waals surface area contributed by atoms with Gasteiger partial charge in [0.05, 0.1) is 29.2 Å².